The van der Waals surface area contributed by atoms with Gasteiger partial charge in [-0.3, -0.25) is 0 Å². The van der Waals surface area contributed by atoms with E-state index in [1.54, 1.807) is 0 Å². The molecule has 5 heteroatoms. The molecule has 120 valence electrons. The molecule has 5 nitrogen and oxygen atoms in total. The van der Waals surface area contributed by atoms with Gasteiger partial charge in [-0.25, -0.2) is 9.97 Å². The summed E-state index contributed by atoms with van der Waals surface area (Å²) in [5.41, 5.74) is -0.111. The number of rotatable bonds is 7. The van der Waals surface area contributed by atoms with Crippen LogP contribution in [0.25, 0.3) is 0 Å². The van der Waals surface area contributed by atoms with E-state index < -0.39 is 0 Å². The Balaban J connectivity index is 3.22. The summed E-state index contributed by atoms with van der Waals surface area (Å²) < 4.78 is 0. The van der Waals surface area contributed by atoms with Crippen molar-refractivity contribution in [3.8, 4) is 0 Å². The second kappa shape index (κ2) is 7.59. The van der Waals surface area contributed by atoms with E-state index in [0.717, 1.165) is 30.4 Å². The Bertz CT molecular complexity index is 440. The molecule has 0 bridgehead atoms. The molecule has 0 aromatic carbocycles. The monoisotopic (exact) mass is 294 g/mol. The van der Waals surface area contributed by atoms with Crippen LogP contribution in [0, 0.1) is 0 Å². The molecule has 0 saturated heterocycles. The molecule has 0 saturated carbocycles. The first-order chi connectivity index (χ1) is 9.79. The van der Waals surface area contributed by atoms with Crippen LogP contribution in [0.2, 0.25) is 0 Å². The van der Waals surface area contributed by atoms with E-state index >= 15 is 0 Å². The van der Waals surface area contributed by atoms with Gasteiger partial charge in [0.05, 0.1) is 6.61 Å². The van der Waals surface area contributed by atoms with Crippen molar-refractivity contribution in [2.24, 2.45) is 0 Å². The topological polar surface area (TPSA) is 61.3 Å². The van der Waals surface area contributed by atoms with Crippen molar-refractivity contribution < 1.29 is 5.11 Å². The van der Waals surface area contributed by atoms with E-state index in [1.807, 2.05) is 6.07 Å². The zero-order chi connectivity index (χ0) is 16.0. The fraction of sp³-hybridized carbons (Fsp3) is 0.750. The summed E-state index contributed by atoms with van der Waals surface area (Å²) in [7, 11) is 0. The molecule has 21 heavy (non-hydrogen) atoms. The highest BCUT2D eigenvalue weighted by Gasteiger charge is 2.21. The Morgan fingerprint density at radius 1 is 1.29 bits per heavy atom. The molecule has 0 fully saturated rings. The standard InChI is InChI=1S/C16H30N4O/c1-7-8-17-13-11-14(20(9-10-21)12(2)3)19-15(18-13)16(4,5)6/h11-12,21H,7-10H2,1-6H3,(H,17,18,19). The van der Waals surface area contributed by atoms with Crippen LogP contribution in [-0.2, 0) is 5.41 Å². The lowest BCUT2D eigenvalue weighted by molar-refractivity contribution is 0.298. The molecular formula is C16H30N4O. The van der Waals surface area contributed by atoms with E-state index in [9.17, 15) is 5.11 Å². The fourth-order valence-corrected chi connectivity index (χ4v) is 2.01. The SMILES string of the molecule is CCCNc1cc(N(CCO)C(C)C)nc(C(C)(C)C)n1. The highest BCUT2D eigenvalue weighted by molar-refractivity contribution is 5.50. The van der Waals surface area contributed by atoms with Crippen LogP contribution < -0.4 is 10.2 Å². The summed E-state index contributed by atoms with van der Waals surface area (Å²) in [5, 5.41) is 12.6. The van der Waals surface area contributed by atoms with E-state index in [4.69, 9.17) is 4.98 Å². The normalized spacial score (nSPS) is 11.8. The Kier molecular flexibility index (Phi) is 6.40. The first kappa shape index (κ1) is 17.7. The lowest BCUT2D eigenvalue weighted by Crippen LogP contribution is -2.35. The highest BCUT2D eigenvalue weighted by atomic mass is 16.3. The minimum absolute atomic E-state index is 0.111. The van der Waals surface area contributed by atoms with Crippen molar-refractivity contribution in [3.63, 3.8) is 0 Å². The molecule has 0 aliphatic carbocycles. The minimum Gasteiger partial charge on any atom is -0.395 e. The fourth-order valence-electron chi connectivity index (χ4n) is 2.01. The quantitative estimate of drug-likeness (QED) is 0.809. The molecular weight excluding hydrogens is 264 g/mol. The highest BCUT2D eigenvalue weighted by Crippen LogP contribution is 2.25. The third-order valence-corrected chi connectivity index (χ3v) is 3.20. The Labute approximate surface area is 128 Å². The zero-order valence-corrected chi connectivity index (χ0v) is 14.3. The van der Waals surface area contributed by atoms with E-state index in [2.05, 4.69) is 56.7 Å². The molecule has 0 aliphatic rings. The number of anilines is 2. The second-order valence-corrected chi connectivity index (χ2v) is 6.62. The van der Waals surface area contributed by atoms with Gasteiger partial charge in [-0.2, -0.15) is 0 Å². The van der Waals surface area contributed by atoms with Crippen LogP contribution in [-0.4, -0.2) is 40.8 Å². The van der Waals surface area contributed by atoms with Crippen molar-refractivity contribution >= 4 is 11.6 Å². The largest absolute Gasteiger partial charge is 0.395 e. The molecule has 1 rings (SSSR count). The Hall–Kier alpha value is -1.36. The molecule has 0 aliphatic heterocycles. The van der Waals surface area contributed by atoms with E-state index in [-0.39, 0.29) is 18.1 Å². The summed E-state index contributed by atoms with van der Waals surface area (Å²) in [4.78, 5) is 11.5. The number of aliphatic hydroxyl groups is 1. The Morgan fingerprint density at radius 2 is 1.95 bits per heavy atom. The summed E-state index contributed by atoms with van der Waals surface area (Å²) in [6.07, 6.45) is 1.05. The summed E-state index contributed by atoms with van der Waals surface area (Å²) >= 11 is 0. The number of hydrogen-bond acceptors (Lipinski definition) is 5. The summed E-state index contributed by atoms with van der Waals surface area (Å²) in [5.74, 6) is 2.55. The van der Waals surface area contributed by atoms with Gasteiger partial charge in [-0.05, 0) is 20.3 Å². The molecule has 0 unspecified atom stereocenters. The van der Waals surface area contributed by atoms with Crippen LogP contribution in [0.5, 0.6) is 0 Å². The molecule has 0 atom stereocenters. The maximum atomic E-state index is 9.29. The van der Waals surface area contributed by atoms with Gasteiger partial charge < -0.3 is 15.3 Å². The van der Waals surface area contributed by atoms with Crippen LogP contribution in [0.4, 0.5) is 11.6 Å². The molecule has 0 amide bonds. The minimum atomic E-state index is -0.111. The van der Waals surface area contributed by atoms with E-state index in [1.165, 1.54) is 0 Å². The zero-order valence-electron chi connectivity index (χ0n) is 14.3. The summed E-state index contributed by atoms with van der Waals surface area (Å²) in [6, 6.07) is 2.25. The molecule has 0 radical (unpaired) electrons. The van der Waals surface area contributed by atoms with Gasteiger partial charge in [0.2, 0.25) is 0 Å². The van der Waals surface area contributed by atoms with Crippen molar-refractivity contribution in [1.29, 1.82) is 0 Å². The van der Waals surface area contributed by atoms with Crippen molar-refractivity contribution in [1.82, 2.24) is 9.97 Å². The van der Waals surface area contributed by atoms with Gasteiger partial charge in [-0.1, -0.05) is 27.7 Å². The van der Waals surface area contributed by atoms with Crippen molar-refractivity contribution in [2.45, 2.75) is 59.4 Å². The van der Waals surface area contributed by atoms with Crippen LogP contribution >= 0.6 is 0 Å². The Morgan fingerprint density at radius 3 is 2.43 bits per heavy atom. The molecule has 1 aromatic heterocycles. The number of aliphatic hydroxyl groups excluding tert-OH is 1. The lowest BCUT2D eigenvalue weighted by atomic mass is 9.95. The number of hydrogen-bond donors (Lipinski definition) is 2. The predicted octanol–water partition coefficient (Wildman–Crippen LogP) is 2.80. The lowest BCUT2D eigenvalue weighted by Gasteiger charge is -2.29. The average Bonchev–Trinajstić information content (AvgIpc) is 2.40. The van der Waals surface area contributed by atoms with E-state index in [0.29, 0.717) is 6.54 Å². The van der Waals surface area contributed by atoms with Gasteiger partial charge in [-0.15, -0.1) is 0 Å². The van der Waals surface area contributed by atoms with Crippen LogP contribution in [0.1, 0.15) is 53.8 Å². The molecule has 0 spiro atoms. The average molecular weight is 294 g/mol. The van der Waals surface area contributed by atoms with Crippen molar-refractivity contribution in [2.75, 3.05) is 29.9 Å². The van der Waals surface area contributed by atoms with Crippen molar-refractivity contribution in [3.05, 3.63) is 11.9 Å². The summed E-state index contributed by atoms with van der Waals surface area (Å²) in [6.45, 7) is 14.3. The van der Waals surface area contributed by atoms with Crippen LogP contribution in [0.15, 0.2) is 6.07 Å². The smallest absolute Gasteiger partial charge is 0.138 e. The predicted molar refractivity (Wildman–Crippen MR) is 89.1 cm³/mol. The van der Waals surface area contributed by atoms with Gasteiger partial charge in [0.15, 0.2) is 0 Å². The van der Waals surface area contributed by atoms with Gasteiger partial charge in [0.25, 0.3) is 0 Å². The maximum Gasteiger partial charge on any atom is 0.138 e. The van der Waals surface area contributed by atoms with Gasteiger partial charge >= 0.3 is 0 Å². The third kappa shape index (κ3) is 5.16. The number of nitrogens with one attached hydrogen (secondary N) is 1. The molecule has 1 heterocycles. The number of aromatic nitrogens is 2. The first-order valence-electron chi connectivity index (χ1n) is 7.80. The molecule has 2 N–H and O–H groups in total. The second-order valence-electron chi connectivity index (χ2n) is 6.62. The van der Waals surface area contributed by atoms with Gasteiger partial charge in [0, 0.05) is 30.6 Å². The van der Waals surface area contributed by atoms with Crippen LogP contribution in [0.3, 0.4) is 0 Å². The third-order valence-electron chi connectivity index (χ3n) is 3.20. The first-order valence-corrected chi connectivity index (χ1v) is 7.80. The molecule has 1 aromatic rings. The maximum absolute atomic E-state index is 9.29. The van der Waals surface area contributed by atoms with Gasteiger partial charge in [0.1, 0.15) is 17.5 Å². The number of nitrogens with zero attached hydrogens (tertiary/aromatic N) is 3.